The predicted octanol–water partition coefficient (Wildman–Crippen LogP) is 1.48. The lowest BCUT2D eigenvalue weighted by Gasteiger charge is -2.17. The Labute approximate surface area is 135 Å². The molecule has 124 valence electrons. The molecule has 3 N–H and O–H groups in total. The van der Waals surface area contributed by atoms with Gasteiger partial charge in [-0.05, 0) is 18.6 Å². The Morgan fingerprint density at radius 2 is 1.78 bits per heavy atom. The third-order valence-electron chi connectivity index (χ3n) is 3.69. The normalized spacial score (nSPS) is 13.0. The van der Waals surface area contributed by atoms with Crippen molar-refractivity contribution >= 4 is 32.3 Å². The van der Waals surface area contributed by atoms with E-state index in [1.165, 1.54) is 0 Å². The number of benzene rings is 2. The van der Waals surface area contributed by atoms with E-state index in [0.717, 1.165) is 11.1 Å². The fourth-order valence-corrected chi connectivity index (χ4v) is 4.02. The quantitative estimate of drug-likeness (QED) is 0.829. The van der Waals surface area contributed by atoms with Crippen LogP contribution in [0.2, 0.25) is 0 Å². The highest BCUT2D eigenvalue weighted by Gasteiger charge is 2.21. The number of hydrogen-bond donors (Lipinski definition) is 2. The molecule has 0 aliphatic heterocycles. The number of anilines is 1. The van der Waals surface area contributed by atoms with Crippen molar-refractivity contribution in [1.82, 2.24) is 0 Å². The van der Waals surface area contributed by atoms with Crippen LogP contribution in [-0.4, -0.2) is 45.4 Å². The summed E-state index contributed by atoms with van der Waals surface area (Å²) in [5.74, 6) is -1.50. The van der Waals surface area contributed by atoms with Crippen molar-refractivity contribution in [3.8, 4) is 0 Å². The molecule has 23 heavy (non-hydrogen) atoms. The van der Waals surface area contributed by atoms with Crippen LogP contribution in [0.5, 0.6) is 0 Å². The second-order valence-corrected chi connectivity index (χ2v) is 7.65. The smallest absolute Gasteiger partial charge is 0.320 e. The molecule has 0 heterocycles. The van der Waals surface area contributed by atoms with Gasteiger partial charge in [0.1, 0.15) is 6.04 Å². The van der Waals surface area contributed by atoms with Crippen LogP contribution >= 0.6 is 0 Å². The van der Waals surface area contributed by atoms with E-state index in [4.69, 9.17) is 10.8 Å². The van der Waals surface area contributed by atoms with E-state index in [-0.39, 0.29) is 17.1 Å². The van der Waals surface area contributed by atoms with Gasteiger partial charge in [0.15, 0.2) is 9.84 Å². The molecule has 0 spiro atoms. The first-order chi connectivity index (χ1) is 10.7. The molecule has 6 nitrogen and oxygen atoms in total. The number of rotatable bonds is 6. The van der Waals surface area contributed by atoms with Crippen LogP contribution in [0.15, 0.2) is 41.3 Å². The number of carboxylic acid groups (broad SMARTS) is 1. The Bertz CT molecular complexity index is 831. The SMILES string of the molecule is CN(C)c1cccc2c(S(=O)(=O)CCC(N)C(=O)O)cccc12. The Balaban J connectivity index is 2.47. The summed E-state index contributed by atoms with van der Waals surface area (Å²) in [4.78, 5) is 12.9. The van der Waals surface area contributed by atoms with Gasteiger partial charge in [-0.25, -0.2) is 8.42 Å². The van der Waals surface area contributed by atoms with Crippen molar-refractivity contribution in [3.05, 3.63) is 36.4 Å². The molecule has 0 saturated heterocycles. The second kappa shape index (κ2) is 6.55. The fourth-order valence-electron chi connectivity index (χ4n) is 2.44. The van der Waals surface area contributed by atoms with Gasteiger partial charge in [0, 0.05) is 30.6 Å². The van der Waals surface area contributed by atoms with Gasteiger partial charge >= 0.3 is 5.97 Å². The van der Waals surface area contributed by atoms with Gasteiger partial charge in [-0.15, -0.1) is 0 Å². The molecule has 2 rings (SSSR count). The largest absolute Gasteiger partial charge is 0.480 e. The Hall–Kier alpha value is -2.12. The van der Waals surface area contributed by atoms with Crippen LogP contribution in [-0.2, 0) is 14.6 Å². The molecule has 2 aromatic carbocycles. The molecule has 0 bridgehead atoms. The number of nitrogens with zero attached hydrogens (tertiary/aromatic N) is 1. The molecule has 1 atom stereocenters. The molecule has 2 aromatic rings. The van der Waals surface area contributed by atoms with Crippen LogP contribution < -0.4 is 10.6 Å². The minimum atomic E-state index is -3.62. The minimum absolute atomic E-state index is 0.124. The zero-order valence-electron chi connectivity index (χ0n) is 13.1. The standard InChI is InChI=1S/C16H20N2O4S/c1-18(2)14-7-3-6-12-11(14)5-4-8-15(12)23(21,22)10-9-13(17)16(19)20/h3-8,13H,9-10,17H2,1-2H3,(H,19,20). The fraction of sp³-hybridized carbons (Fsp3) is 0.312. The maximum absolute atomic E-state index is 12.6. The molecular weight excluding hydrogens is 316 g/mol. The van der Waals surface area contributed by atoms with Crippen molar-refractivity contribution in [2.24, 2.45) is 5.73 Å². The summed E-state index contributed by atoms with van der Waals surface area (Å²) in [6.45, 7) is 0. The monoisotopic (exact) mass is 336 g/mol. The molecule has 1 unspecified atom stereocenters. The summed E-state index contributed by atoms with van der Waals surface area (Å²) in [7, 11) is 0.162. The van der Waals surface area contributed by atoms with Crippen molar-refractivity contribution in [2.75, 3.05) is 24.7 Å². The maximum atomic E-state index is 12.6. The number of carbonyl (C=O) groups is 1. The first kappa shape index (κ1) is 17.2. The van der Waals surface area contributed by atoms with E-state index in [1.54, 1.807) is 24.3 Å². The minimum Gasteiger partial charge on any atom is -0.480 e. The summed E-state index contributed by atoms with van der Waals surface area (Å²) >= 11 is 0. The molecule has 0 aliphatic carbocycles. The van der Waals surface area contributed by atoms with Crippen LogP contribution in [0.1, 0.15) is 6.42 Å². The van der Waals surface area contributed by atoms with Crippen molar-refractivity contribution < 1.29 is 18.3 Å². The Morgan fingerprint density at radius 1 is 1.17 bits per heavy atom. The Kier molecular flexibility index (Phi) is 4.91. The molecule has 0 radical (unpaired) electrons. The van der Waals surface area contributed by atoms with Gasteiger partial charge < -0.3 is 15.7 Å². The molecular formula is C16H20N2O4S. The molecule has 0 amide bonds. The van der Waals surface area contributed by atoms with E-state index in [1.807, 2.05) is 31.1 Å². The summed E-state index contributed by atoms with van der Waals surface area (Å²) in [5, 5.41) is 10.3. The van der Waals surface area contributed by atoms with Crippen molar-refractivity contribution in [2.45, 2.75) is 17.4 Å². The van der Waals surface area contributed by atoms with Gasteiger partial charge in [-0.3, -0.25) is 4.79 Å². The number of carboxylic acids is 1. The van der Waals surface area contributed by atoms with Crippen LogP contribution in [0.25, 0.3) is 10.8 Å². The summed E-state index contributed by atoms with van der Waals surface area (Å²) < 4.78 is 25.2. The lowest BCUT2D eigenvalue weighted by molar-refractivity contribution is -0.138. The van der Waals surface area contributed by atoms with E-state index < -0.39 is 21.8 Å². The van der Waals surface area contributed by atoms with E-state index >= 15 is 0 Å². The van der Waals surface area contributed by atoms with E-state index in [2.05, 4.69) is 0 Å². The lowest BCUT2D eigenvalue weighted by Crippen LogP contribution is -2.32. The summed E-state index contributed by atoms with van der Waals surface area (Å²) in [6.07, 6.45) is -0.124. The number of aliphatic carboxylic acids is 1. The van der Waals surface area contributed by atoms with Crippen LogP contribution in [0.3, 0.4) is 0 Å². The van der Waals surface area contributed by atoms with Crippen LogP contribution in [0, 0.1) is 0 Å². The Morgan fingerprint density at radius 3 is 2.39 bits per heavy atom. The predicted molar refractivity (Wildman–Crippen MR) is 90.6 cm³/mol. The van der Waals surface area contributed by atoms with Gasteiger partial charge in [0.05, 0.1) is 10.6 Å². The van der Waals surface area contributed by atoms with Gasteiger partial charge in [-0.2, -0.15) is 0 Å². The number of nitrogens with two attached hydrogens (primary N) is 1. The van der Waals surface area contributed by atoms with E-state index in [0.29, 0.717) is 5.39 Å². The zero-order valence-corrected chi connectivity index (χ0v) is 13.9. The lowest BCUT2D eigenvalue weighted by atomic mass is 10.1. The summed E-state index contributed by atoms with van der Waals surface area (Å²) in [5.41, 5.74) is 6.33. The highest BCUT2D eigenvalue weighted by atomic mass is 32.2. The summed E-state index contributed by atoms with van der Waals surface area (Å²) in [6, 6.07) is 9.40. The third kappa shape index (κ3) is 3.62. The average Bonchev–Trinajstić information content (AvgIpc) is 2.51. The van der Waals surface area contributed by atoms with Crippen molar-refractivity contribution in [1.29, 1.82) is 0 Å². The maximum Gasteiger partial charge on any atom is 0.320 e. The number of sulfone groups is 1. The van der Waals surface area contributed by atoms with Gasteiger partial charge in [-0.1, -0.05) is 24.3 Å². The highest BCUT2D eigenvalue weighted by molar-refractivity contribution is 7.91. The van der Waals surface area contributed by atoms with E-state index in [9.17, 15) is 13.2 Å². The van der Waals surface area contributed by atoms with Crippen molar-refractivity contribution in [3.63, 3.8) is 0 Å². The number of fused-ring (bicyclic) bond motifs is 1. The van der Waals surface area contributed by atoms with Gasteiger partial charge in [0.2, 0.25) is 0 Å². The number of hydrogen-bond acceptors (Lipinski definition) is 5. The average molecular weight is 336 g/mol. The topological polar surface area (TPSA) is 101 Å². The molecule has 0 aliphatic rings. The first-order valence-electron chi connectivity index (χ1n) is 7.14. The molecule has 7 heteroatoms. The second-order valence-electron chi connectivity index (χ2n) is 5.58. The third-order valence-corrected chi connectivity index (χ3v) is 5.49. The molecule has 0 aromatic heterocycles. The first-order valence-corrected chi connectivity index (χ1v) is 8.79. The molecule has 0 fully saturated rings. The highest BCUT2D eigenvalue weighted by Crippen LogP contribution is 2.30. The molecule has 0 saturated carbocycles. The van der Waals surface area contributed by atoms with Gasteiger partial charge in [0.25, 0.3) is 0 Å². The zero-order chi connectivity index (χ0) is 17.2. The van der Waals surface area contributed by atoms with Crippen LogP contribution in [0.4, 0.5) is 5.69 Å².